The van der Waals surface area contributed by atoms with E-state index in [1.54, 1.807) is 18.3 Å². The molecule has 6 nitrogen and oxygen atoms in total. The minimum atomic E-state index is -0.0161. The van der Waals surface area contributed by atoms with Gasteiger partial charge in [0.15, 0.2) is 5.82 Å². The molecule has 3 rings (SSSR count). The molecule has 0 amide bonds. The van der Waals surface area contributed by atoms with Gasteiger partial charge in [0.1, 0.15) is 12.1 Å². The number of nitriles is 1. The van der Waals surface area contributed by atoms with Crippen LogP contribution in [0, 0.1) is 18.3 Å². The topological polar surface area (TPSA) is 75.2 Å². The Labute approximate surface area is 120 Å². The first-order chi connectivity index (χ1) is 9.76. The quantitative estimate of drug-likeness (QED) is 0.859. The number of nitrogens with zero attached hydrogens (tertiary/aromatic N) is 4. The van der Waals surface area contributed by atoms with Crippen LogP contribution >= 0.6 is 11.3 Å². The molecule has 1 atom stereocenters. The van der Waals surface area contributed by atoms with Crippen LogP contribution in [0.25, 0.3) is 0 Å². The van der Waals surface area contributed by atoms with Crippen molar-refractivity contribution < 1.29 is 9.26 Å². The van der Waals surface area contributed by atoms with E-state index in [9.17, 15) is 0 Å². The number of hydrogen-bond donors (Lipinski definition) is 0. The maximum absolute atomic E-state index is 8.88. The highest BCUT2D eigenvalue weighted by Gasteiger charge is 2.29. The molecule has 2 aromatic heterocycles. The molecule has 1 aliphatic heterocycles. The lowest BCUT2D eigenvalue weighted by Crippen LogP contribution is -2.39. The van der Waals surface area contributed by atoms with Crippen molar-refractivity contribution in [2.24, 2.45) is 0 Å². The van der Waals surface area contributed by atoms with E-state index in [4.69, 9.17) is 14.5 Å². The molecule has 0 radical (unpaired) electrons. The predicted molar refractivity (Wildman–Crippen MR) is 72.0 cm³/mol. The van der Waals surface area contributed by atoms with Crippen LogP contribution in [0.5, 0.6) is 0 Å². The molecule has 1 fully saturated rings. The van der Waals surface area contributed by atoms with Gasteiger partial charge in [-0.15, -0.1) is 11.3 Å². The zero-order valence-electron chi connectivity index (χ0n) is 11.1. The van der Waals surface area contributed by atoms with E-state index >= 15 is 0 Å². The second-order valence-corrected chi connectivity index (χ2v) is 5.65. The van der Waals surface area contributed by atoms with Gasteiger partial charge < -0.3 is 9.26 Å². The Bertz CT molecular complexity index is 630. The number of morpholine rings is 1. The number of hydrogen-bond acceptors (Lipinski definition) is 7. The summed E-state index contributed by atoms with van der Waals surface area (Å²) < 4.78 is 10.8. The summed E-state index contributed by atoms with van der Waals surface area (Å²) in [4.78, 5) is 7.71. The summed E-state index contributed by atoms with van der Waals surface area (Å²) >= 11 is 1.60. The third kappa shape index (κ3) is 2.72. The van der Waals surface area contributed by atoms with Crippen molar-refractivity contribution in [2.45, 2.75) is 19.5 Å². The van der Waals surface area contributed by atoms with Crippen LogP contribution in [0.3, 0.4) is 0 Å². The molecular weight excluding hydrogens is 276 g/mol. The van der Waals surface area contributed by atoms with Crippen LogP contribution in [0.15, 0.2) is 16.0 Å². The van der Waals surface area contributed by atoms with Crippen LogP contribution in [-0.2, 0) is 11.3 Å². The first-order valence-electron chi connectivity index (χ1n) is 6.36. The van der Waals surface area contributed by atoms with Gasteiger partial charge in [0, 0.05) is 23.3 Å². The smallest absolute Gasteiger partial charge is 0.246 e. The van der Waals surface area contributed by atoms with Gasteiger partial charge in [0.2, 0.25) is 5.89 Å². The van der Waals surface area contributed by atoms with Crippen molar-refractivity contribution in [3.63, 3.8) is 0 Å². The van der Waals surface area contributed by atoms with Gasteiger partial charge in [-0.1, -0.05) is 5.16 Å². The number of thiophene rings is 1. The van der Waals surface area contributed by atoms with E-state index in [1.165, 1.54) is 0 Å². The summed E-state index contributed by atoms with van der Waals surface area (Å²) in [5.41, 5.74) is 0.712. The van der Waals surface area contributed by atoms with Crippen molar-refractivity contribution in [3.05, 3.63) is 33.6 Å². The fourth-order valence-corrected chi connectivity index (χ4v) is 3.06. The summed E-state index contributed by atoms with van der Waals surface area (Å²) in [5, 5.41) is 14.6. The Kier molecular flexibility index (Phi) is 3.78. The molecular formula is C13H14N4O2S. The first kappa shape index (κ1) is 13.2. The summed E-state index contributed by atoms with van der Waals surface area (Å²) in [6.45, 7) is 4.63. The molecule has 104 valence electrons. The Morgan fingerprint density at radius 3 is 3.20 bits per heavy atom. The lowest BCUT2D eigenvalue weighted by molar-refractivity contribution is -0.0236. The summed E-state index contributed by atoms with van der Waals surface area (Å²) in [6.07, 6.45) is 0. The monoisotopic (exact) mass is 290 g/mol. The van der Waals surface area contributed by atoms with Gasteiger partial charge in [-0.3, -0.25) is 4.90 Å². The fraction of sp³-hybridized carbons (Fsp3) is 0.462. The maximum Gasteiger partial charge on any atom is 0.246 e. The summed E-state index contributed by atoms with van der Waals surface area (Å²) in [6, 6.07) is 4.07. The van der Waals surface area contributed by atoms with Crippen LogP contribution in [0.1, 0.15) is 28.2 Å². The molecule has 0 saturated carbocycles. The maximum atomic E-state index is 8.88. The van der Waals surface area contributed by atoms with Crippen molar-refractivity contribution in [2.75, 3.05) is 19.8 Å². The molecule has 1 saturated heterocycles. The Hall–Kier alpha value is -1.75. The summed E-state index contributed by atoms with van der Waals surface area (Å²) in [7, 11) is 0. The second-order valence-electron chi connectivity index (χ2n) is 4.65. The zero-order valence-corrected chi connectivity index (χ0v) is 11.9. The van der Waals surface area contributed by atoms with Crippen LogP contribution < -0.4 is 0 Å². The first-order valence-corrected chi connectivity index (χ1v) is 7.24. The Morgan fingerprint density at radius 2 is 2.50 bits per heavy atom. The zero-order chi connectivity index (χ0) is 13.9. The van der Waals surface area contributed by atoms with Gasteiger partial charge in [-0.25, -0.2) is 0 Å². The SMILES string of the molecule is Cc1noc(C2COCCN2Cc2cc(C#N)cs2)n1. The van der Waals surface area contributed by atoms with E-state index in [1.807, 2.05) is 11.4 Å². The lowest BCUT2D eigenvalue weighted by Gasteiger charge is -2.32. The van der Waals surface area contributed by atoms with E-state index < -0.39 is 0 Å². The van der Waals surface area contributed by atoms with Crippen LogP contribution in [0.4, 0.5) is 0 Å². The molecule has 0 N–H and O–H groups in total. The predicted octanol–water partition coefficient (Wildman–Crippen LogP) is 1.88. The van der Waals surface area contributed by atoms with Crippen LogP contribution in [-0.4, -0.2) is 34.8 Å². The Balaban J connectivity index is 1.77. The van der Waals surface area contributed by atoms with Crippen LogP contribution in [0.2, 0.25) is 0 Å². The molecule has 2 aromatic rings. The molecule has 0 aliphatic carbocycles. The highest BCUT2D eigenvalue weighted by Crippen LogP contribution is 2.26. The van der Waals surface area contributed by atoms with Crippen molar-refractivity contribution >= 4 is 11.3 Å². The molecule has 1 aliphatic rings. The fourth-order valence-electron chi connectivity index (χ4n) is 2.23. The second kappa shape index (κ2) is 5.71. The highest BCUT2D eigenvalue weighted by atomic mass is 32.1. The van der Waals surface area contributed by atoms with Crippen molar-refractivity contribution in [1.82, 2.24) is 15.0 Å². The Morgan fingerprint density at radius 1 is 1.60 bits per heavy atom. The third-order valence-corrected chi connectivity index (χ3v) is 4.13. The number of ether oxygens (including phenoxy) is 1. The molecule has 20 heavy (non-hydrogen) atoms. The van der Waals surface area contributed by atoms with Gasteiger partial charge in [0.05, 0.1) is 18.8 Å². The molecule has 1 unspecified atom stereocenters. The number of aromatic nitrogens is 2. The number of rotatable bonds is 3. The lowest BCUT2D eigenvalue weighted by atomic mass is 10.2. The molecule has 0 aromatic carbocycles. The average molecular weight is 290 g/mol. The number of aryl methyl sites for hydroxylation is 1. The minimum Gasteiger partial charge on any atom is -0.378 e. The minimum absolute atomic E-state index is 0.0161. The van der Waals surface area contributed by atoms with Crippen molar-refractivity contribution in [3.8, 4) is 6.07 Å². The molecule has 0 spiro atoms. The van der Waals surface area contributed by atoms with E-state index in [-0.39, 0.29) is 6.04 Å². The van der Waals surface area contributed by atoms with E-state index in [2.05, 4.69) is 21.1 Å². The molecule has 3 heterocycles. The normalized spacial score (nSPS) is 19.9. The van der Waals surface area contributed by atoms with Gasteiger partial charge in [-0.2, -0.15) is 10.2 Å². The van der Waals surface area contributed by atoms with E-state index in [0.29, 0.717) is 30.5 Å². The van der Waals surface area contributed by atoms with Gasteiger partial charge >= 0.3 is 0 Å². The van der Waals surface area contributed by atoms with Crippen molar-refractivity contribution in [1.29, 1.82) is 5.26 Å². The van der Waals surface area contributed by atoms with Gasteiger partial charge in [0.25, 0.3) is 0 Å². The average Bonchev–Trinajstić information content (AvgIpc) is 3.08. The summed E-state index contributed by atoms with van der Waals surface area (Å²) in [5.74, 6) is 1.23. The molecule has 0 bridgehead atoms. The van der Waals surface area contributed by atoms with E-state index in [0.717, 1.165) is 18.0 Å². The standard InChI is InChI=1S/C13H14N4O2S/c1-9-15-13(19-16-9)12-7-18-3-2-17(12)6-11-4-10(5-14)8-20-11/h4,8,12H,2-3,6-7H2,1H3. The van der Waals surface area contributed by atoms with Gasteiger partial charge in [-0.05, 0) is 13.0 Å². The third-order valence-electron chi connectivity index (χ3n) is 3.21. The highest BCUT2D eigenvalue weighted by molar-refractivity contribution is 7.10. The molecule has 7 heteroatoms. The largest absolute Gasteiger partial charge is 0.378 e.